The van der Waals surface area contributed by atoms with E-state index in [4.69, 9.17) is 16.3 Å². The molecular weight excluding hydrogens is 247 g/mol. The van der Waals surface area contributed by atoms with E-state index in [9.17, 15) is 0 Å². The van der Waals surface area contributed by atoms with Crippen molar-refractivity contribution in [2.75, 3.05) is 19.7 Å². The Labute approximate surface area is 106 Å². The molecule has 0 aliphatic carbocycles. The fourth-order valence-electron chi connectivity index (χ4n) is 1.48. The minimum atomic E-state index is 0. The van der Waals surface area contributed by atoms with Crippen molar-refractivity contribution in [3.05, 3.63) is 28.8 Å². The fourth-order valence-corrected chi connectivity index (χ4v) is 1.76. The highest BCUT2D eigenvalue weighted by Gasteiger charge is 2.08. The molecule has 0 unspecified atom stereocenters. The van der Waals surface area contributed by atoms with Gasteiger partial charge in [-0.1, -0.05) is 23.7 Å². The Bertz CT molecular complexity index is 373. The smallest absolute Gasteiger partial charge is 0.145 e. The van der Waals surface area contributed by atoms with Crippen molar-refractivity contribution in [2.24, 2.45) is 4.99 Å². The summed E-state index contributed by atoms with van der Waals surface area (Å²) in [5.41, 5.74) is 1.04. The zero-order chi connectivity index (χ0) is 10.7. The lowest BCUT2D eigenvalue weighted by atomic mass is 10.2. The summed E-state index contributed by atoms with van der Waals surface area (Å²) in [6, 6.07) is 5.72. The molecule has 0 bridgehead atoms. The maximum absolute atomic E-state index is 6.03. The maximum atomic E-state index is 6.03. The lowest BCUT2D eigenvalue weighted by molar-refractivity contribution is 0.371. The molecule has 1 aliphatic rings. The average molecular weight is 261 g/mol. The van der Waals surface area contributed by atoms with Crippen molar-refractivity contribution in [3.63, 3.8) is 0 Å². The van der Waals surface area contributed by atoms with Crippen LogP contribution in [0, 0.1) is 6.92 Å². The van der Waals surface area contributed by atoms with Gasteiger partial charge in [0, 0.05) is 6.54 Å². The number of hydrogen-bond donors (Lipinski definition) is 1. The van der Waals surface area contributed by atoms with E-state index >= 15 is 0 Å². The van der Waals surface area contributed by atoms with Gasteiger partial charge < -0.3 is 10.1 Å². The monoisotopic (exact) mass is 260 g/mol. The molecule has 0 aromatic heterocycles. The first kappa shape index (κ1) is 13.1. The lowest BCUT2D eigenvalue weighted by Gasteiger charge is -2.10. The van der Waals surface area contributed by atoms with Gasteiger partial charge in [-0.3, -0.25) is 4.99 Å². The lowest BCUT2D eigenvalue weighted by Crippen LogP contribution is -2.25. The van der Waals surface area contributed by atoms with E-state index < -0.39 is 0 Å². The summed E-state index contributed by atoms with van der Waals surface area (Å²) in [6.45, 7) is 4.18. The number of halogens is 2. The average Bonchev–Trinajstić information content (AvgIpc) is 2.70. The number of hydrogen-bond acceptors (Lipinski definition) is 3. The summed E-state index contributed by atoms with van der Waals surface area (Å²) in [5, 5.41) is 3.79. The zero-order valence-corrected chi connectivity index (χ0v) is 10.6. The summed E-state index contributed by atoms with van der Waals surface area (Å²) in [7, 11) is 0. The molecule has 0 saturated carbocycles. The first-order chi connectivity index (χ1) is 7.27. The van der Waals surface area contributed by atoms with Gasteiger partial charge in [0.1, 0.15) is 18.2 Å². The van der Waals surface area contributed by atoms with Crippen molar-refractivity contribution in [2.45, 2.75) is 6.92 Å². The van der Waals surface area contributed by atoms with Gasteiger partial charge in [-0.2, -0.15) is 0 Å². The van der Waals surface area contributed by atoms with Crippen LogP contribution in [0.1, 0.15) is 5.56 Å². The van der Waals surface area contributed by atoms with Crippen LogP contribution in [0.2, 0.25) is 5.02 Å². The fraction of sp³-hybridized carbons (Fsp3) is 0.364. The van der Waals surface area contributed by atoms with Crippen LogP contribution < -0.4 is 10.1 Å². The summed E-state index contributed by atoms with van der Waals surface area (Å²) in [5.74, 6) is 1.64. The number of nitrogens with one attached hydrogen (secondary N) is 1. The van der Waals surface area contributed by atoms with Crippen LogP contribution in [0.4, 0.5) is 0 Å². The molecule has 1 aromatic carbocycles. The molecule has 5 heteroatoms. The molecule has 1 heterocycles. The number of para-hydroxylation sites is 1. The Morgan fingerprint density at radius 1 is 1.50 bits per heavy atom. The van der Waals surface area contributed by atoms with Gasteiger partial charge in [-0.15, -0.1) is 12.4 Å². The van der Waals surface area contributed by atoms with Gasteiger partial charge in [0.25, 0.3) is 0 Å². The Morgan fingerprint density at radius 2 is 2.31 bits per heavy atom. The Morgan fingerprint density at radius 3 is 2.94 bits per heavy atom. The Hall–Kier alpha value is -0.930. The van der Waals surface area contributed by atoms with Crippen molar-refractivity contribution in [3.8, 4) is 5.75 Å². The van der Waals surface area contributed by atoms with E-state index in [1.165, 1.54) is 0 Å². The normalized spacial score (nSPS) is 13.8. The summed E-state index contributed by atoms with van der Waals surface area (Å²) >= 11 is 6.03. The molecule has 0 fully saturated rings. The van der Waals surface area contributed by atoms with Gasteiger partial charge in [0.2, 0.25) is 0 Å². The highest BCUT2D eigenvalue weighted by atomic mass is 35.5. The highest BCUT2D eigenvalue weighted by Crippen LogP contribution is 2.27. The third-order valence-electron chi connectivity index (χ3n) is 2.26. The number of aryl methyl sites for hydroxylation is 1. The summed E-state index contributed by atoms with van der Waals surface area (Å²) < 4.78 is 5.63. The third kappa shape index (κ3) is 3.03. The molecule has 0 spiro atoms. The molecule has 88 valence electrons. The first-order valence-electron chi connectivity index (χ1n) is 4.92. The molecular formula is C11H14Cl2N2O. The largest absolute Gasteiger partial charge is 0.484 e. The van der Waals surface area contributed by atoms with E-state index in [0.29, 0.717) is 11.6 Å². The quantitative estimate of drug-likeness (QED) is 0.906. The number of ether oxygens (including phenoxy) is 1. The van der Waals surface area contributed by atoms with Crippen LogP contribution in [-0.4, -0.2) is 25.5 Å². The number of aliphatic imine (C=N–C) groups is 1. The van der Waals surface area contributed by atoms with Gasteiger partial charge in [-0.25, -0.2) is 0 Å². The van der Waals surface area contributed by atoms with Crippen molar-refractivity contribution >= 4 is 29.8 Å². The van der Waals surface area contributed by atoms with Crippen LogP contribution in [0.3, 0.4) is 0 Å². The zero-order valence-electron chi connectivity index (χ0n) is 9.00. The van der Waals surface area contributed by atoms with Crippen LogP contribution in [0.15, 0.2) is 23.2 Å². The van der Waals surface area contributed by atoms with E-state index in [1.807, 2.05) is 25.1 Å². The molecule has 0 amide bonds. The SMILES string of the molecule is Cc1cccc(Cl)c1OCC1=NCCN1.Cl. The van der Waals surface area contributed by atoms with E-state index in [1.54, 1.807) is 0 Å². The topological polar surface area (TPSA) is 33.6 Å². The number of nitrogens with zero attached hydrogens (tertiary/aromatic N) is 1. The number of benzene rings is 1. The third-order valence-corrected chi connectivity index (χ3v) is 2.56. The van der Waals surface area contributed by atoms with Crippen LogP contribution in [0.5, 0.6) is 5.75 Å². The highest BCUT2D eigenvalue weighted by molar-refractivity contribution is 6.32. The van der Waals surface area contributed by atoms with Crippen molar-refractivity contribution in [1.29, 1.82) is 0 Å². The van der Waals surface area contributed by atoms with Crippen LogP contribution in [0.25, 0.3) is 0 Å². The molecule has 2 rings (SSSR count). The predicted octanol–water partition coefficient (Wildman–Crippen LogP) is 2.45. The van der Waals surface area contributed by atoms with Gasteiger partial charge in [0.15, 0.2) is 0 Å². The van der Waals surface area contributed by atoms with Crippen LogP contribution >= 0.6 is 24.0 Å². The number of amidine groups is 1. The Balaban J connectivity index is 0.00000128. The van der Waals surface area contributed by atoms with Gasteiger partial charge in [0.05, 0.1) is 11.6 Å². The van der Waals surface area contributed by atoms with E-state index in [2.05, 4.69) is 10.3 Å². The molecule has 0 radical (unpaired) electrons. The molecule has 1 N–H and O–H groups in total. The number of rotatable bonds is 3. The summed E-state index contributed by atoms with van der Waals surface area (Å²) in [6.07, 6.45) is 0. The Kier molecular flexibility index (Phi) is 4.90. The molecule has 16 heavy (non-hydrogen) atoms. The molecule has 1 aromatic rings. The molecule has 1 aliphatic heterocycles. The minimum Gasteiger partial charge on any atom is -0.484 e. The standard InChI is InChI=1S/C11H13ClN2O.ClH/c1-8-3-2-4-9(12)11(8)15-7-10-13-5-6-14-10;/h2-4H,5-7H2,1H3,(H,13,14);1H. The molecule has 0 atom stereocenters. The van der Waals surface area contributed by atoms with E-state index in [0.717, 1.165) is 30.2 Å². The second kappa shape index (κ2) is 5.97. The van der Waals surface area contributed by atoms with Crippen LogP contribution in [-0.2, 0) is 0 Å². The molecule has 0 saturated heterocycles. The maximum Gasteiger partial charge on any atom is 0.145 e. The van der Waals surface area contributed by atoms with Gasteiger partial charge in [-0.05, 0) is 18.6 Å². The second-order valence-electron chi connectivity index (χ2n) is 3.43. The van der Waals surface area contributed by atoms with Crippen molar-refractivity contribution < 1.29 is 4.74 Å². The van der Waals surface area contributed by atoms with Crippen molar-refractivity contribution in [1.82, 2.24) is 5.32 Å². The molecule has 3 nitrogen and oxygen atoms in total. The predicted molar refractivity (Wildman–Crippen MR) is 69.2 cm³/mol. The second-order valence-corrected chi connectivity index (χ2v) is 3.84. The summed E-state index contributed by atoms with van der Waals surface area (Å²) in [4.78, 5) is 4.25. The minimum absolute atomic E-state index is 0. The first-order valence-corrected chi connectivity index (χ1v) is 5.30. The van der Waals surface area contributed by atoms with Gasteiger partial charge >= 0.3 is 0 Å². The van der Waals surface area contributed by atoms with E-state index in [-0.39, 0.29) is 12.4 Å².